The van der Waals surface area contributed by atoms with Crippen LogP contribution in [0.4, 0.5) is 0 Å². The molecule has 1 aromatic heterocycles. The van der Waals surface area contributed by atoms with E-state index >= 15 is 0 Å². The molecule has 1 saturated carbocycles. The van der Waals surface area contributed by atoms with Crippen LogP contribution in [0.5, 0.6) is 0 Å². The Labute approximate surface area is 180 Å². The number of carbonyl (C=O) groups is 2. The number of hydrogen-bond acceptors (Lipinski definition) is 4. The number of benzene rings is 1. The first-order valence-corrected chi connectivity index (χ1v) is 10.8. The lowest BCUT2D eigenvalue weighted by molar-refractivity contribution is -0.125. The fourth-order valence-electron chi connectivity index (χ4n) is 4.96. The summed E-state index contributed by atoms with van der Waals surface area (Å²) < 4.78 is 2.37. The van der Waals surface area contributed by atoms with Crippen molar-refractivity contribution in [3.8, 4) is 0 Å². The summed E-state index contributed by atoms with van der Waals surface area (Å²) in [7, 11) is 2.99. The fourth-order valence-corrected chi connectivity index (χ4v) is 4.96. The lowest BCUT2D eigenvalue weighted by atomic mass is 9.84. The van der Waals surface area contributed by atoms with Gasteiger partial charge in [-0.25, -0.2) is 4.79 Å². The molecule has 2 aliphatic rings. The largest absolute Gasteiger partial charge is 0.349 e. The van der Waals surface area contributed by atoms with Crippen LogP contribution in [0.3, 0.4) is 0 Å². The monoisotopic (exact) mass is 424 g/mol. The molecule has 1 aliphatic heterocycles. The number of nitrogens with one attached hydrogen (secondary N) is 1. The van der Waals surface area contributed by atoms with Crippen molar-refractivity contribution in [3.63, 3.8) is 0 Å². The van der Waals surface area contributed by atoms with E-state index in [1.54, 1.807) is 24.1 Å². The lowest BCUT2D eigenvalue weighted by Gasteiger charge is -2.33. The number of carbonyl (C=O) groups excluding carboxylic acids is 2. The molecule has 0 unspecified atom stereocenters. The molecule has 31 heavy (non-hydrogen) atoms. The molecule has 3 atom stereocenters. The first-order chi connectivity index (χ1) is 14.9. The van der Waals surface area contributed by atoms with E-state index in [4.69, 9.17) is 0 Å². The second-order valence-electron chi connectivity index (χ2n) is 8.53. The third-order valence-electron chi connectivity index (χ3n) is 6.72. The van der Waals surface area contributed by atoms with Gasteiger partial charge in [-0.3, -0.25) is 23.5 Å². The van der Waals surface area contributed by atoms with Gasteiger partial charge >= 0.3 is 5.69 Å². The van der Waals surface area contributed by atoms with Crippen LogP contribution in [0.1, 0.15) is 48.2 Å². The van der Waals surface area contributed by atoms with Gasteiger partial charge in [-0.15, -0.1) is 0 Å². The van der Waals surface area contributed by atoms with Crippen molar-refractivity contribution in [3.05, 3.63) is 68.5 Å². The maximum atomic E-state index is 13.3. The number of aromatic nitrogens is 2. The third-order valence-corrected chi connectivity index (χ3v) is 6.72. The first-order valence-electron chi connectivity index (χ1n) is 10.8. The summed E-state index contributed by atoms with van der Waals surface area (Å²) in [6, 6.07) is 9.95. The van der Waals surface area contributed by atoms with Crippen molar-refractivity contribution >= 4 is 11.8 Å². The van der Waals surface area contributed by atoms with Crippen LogP contribution in [0.15, 0.2) is 46.0 Å². The zero-order valence-corrected chi connectivity index (χ0v) is 17.9. The van der Waals surface area contributed by atoms with Gasteiger partial charge < -0.3 is 10.2 Å². The van der Waals surface area contributed by atoms with Crippen molar-refractivity contribution < 1.29 is 9.59 Å². The van der Waals surface area contributed by atoms with E-state index in [2.05, 4.69) is 5.32 Å². The van der Waals surface area contributed by atoms with Crippen LogP contribution in [-0.2, 0) is 25.4 Å². The van der Waals surface area contributed by atoms with Crippen molar-refractivity contribution in [2.75, 3.05) is 0 Å². The van der Waals surface area contributed by atoms with E-state index < -0.39 is 17.3 Å². The standard InChI is InChI=1S/C23H28N4O4/c1-25-17(13-20(28)26(2)23(25)31)14-24-21(29)19-12-16-10-6-7-11-18(16)27(19)22(30)15-8-4-3-5-9-15/h3-5,8-9,13,16,18-19H,6-7,10-12,14H2,1-2H3,(H,24,29)/t16-,18-,19-/m0/s1. The van der Waals surface area contributed by atoms with Crippen molar-refractivity contribution in [2.24, 2.45) is 20.0 Å². The SMILES string of the molecule is Cn1c(CNC(=O)[C@@H]2C[C@@H]3CCCC[C@@H]3N2C(=O)c2ccccc2)cc(=O)n(C)c1=O. The van der Waals surface area contributed by atoms with Gasteiger partial charge in [0.25, 0.3) is 11.5 Å². The van der Waals surface area contributed by atoms with E-state index in [9.17, 15) is 19.2 Å². The Bertz CT molecular complexity index is 1100. The molecule has 1 saturated heterocycles. The van der Waals surface area contributed by atoms with Gasteiger partial charge in [0.15, 0.2) is 0 Å². The number of likely N-dealkylation sites (tertiary alicyclic amines) is 1. The molecule has 0 radical (unpaired) electrons. The van der Waals surface area contributed by atoms with E-state index in [1.165, 1.54) is 17.7 Å². The number of nitrogens with zero attached hydrogens (tertiary/aromatic N) is 3. The highest BCUT2D eigenvalue weighted by atomic mass is 16.2. The van der Waals surface area contributed by atoms with Gasteiger partial charge in [-0.2, -0.15) is 0 Å². The highest BCUT2D eigenvalue weighted by molar-refractivity contribution is 5.98. The van der Waals surface area contributed by atoms with Crippen LogP contribution < -0.4 is 16.6 Å². The topological polar surface area (TPSA) is 93.4 Å². The summed E-state index contributed by atoms with van der Waals surface area (Å²) in [5.74, 6) is -0.0338. The first kappa shape index (κ1) is 21.1. The number of amides is 2. The third kappa shape index (κ3) is 3.94. The van der Waals surface area contributed by atoms with Gasteiger partial charge in [-0.1, -0.05) is 31.0 Å². The van der Waals surface area contributed by atoms with Crippen LogP contribution in [0.25, 0.3) is 0 Å². The Kier molecular flexibility index (Phi) is 5.80. The van der Waals surface area contributed by atoms with Gasteiger partial charge in [0.1, 0.15) is 6.04 Å². The van der Waals surface area contributed by atoms with Gasteiger partial charge in [0, 0.05) is 37.5 Å². The second-order valence-corrected chi connectivity index (χ2v) is 8.53. The molecule has 0 bridgehead atoms. The maximum absolute atomic E-state index is 13.3. The molecule has 1 aromatic carbocycles. The fraction of sp³-hybridized carbons (Fsp3) is 0.478. The Morgan fingerprint density at radius 3 is 2.48 bits per heavy atom. The number of rotatable bonds is 4. The molecule has 1 N–H and O–H groups in total. The van der Waals surface area contributed by atoms with Gasteiger partial charge in [0.05, 0.1) is 6.54 Å². The van der Waals surface area contributed by atoms with E-state index in [0.717, 1.165) is 30.3 Å². The zero-order chi connectivity index (χ0) is 22.1. The average molecular weight is 425 g/mol. The summed E-state index contributed by atoms with van der Waals surface area (Å²) in [4.78, 5) is 52.4. The molecule has 8 heteroatoms. The summed E-state index contributed by atoms with van der Waals surface area (Å²) in [5.41, 5.74) is 0.155. The molecular weight excluding hydrogens is 396 g/mol. The predicted octanol–water partition coefficient (Wildman–Crippen LogP) is 1.17. The minimum atomic E-state index is -0.552. The smallest absolute Gasteiger partial charge is 0.330 e. The molecule has 4 rings (SSSR count). The highest BCUT2D eigenvalue weighted by Crippen LogP contribution is 2.40. The van der Waals surface area contributed by atoms with E-state index in [0.29, 0.717) is 23.6 Å². The molecule has 2 fully saturated rings. The zero-order valence-electron chi connectivity index (χ0n) is 17.9. The van der Waals surface area contributed by atoms with Gasteiger partial charge in [0.2, 0.25) is 5.91 Å². The maximum Gasteiger partial charge on any atom is 0.330 e. The summed E-state index contributed by atoms with van der Waals surface area (Å²) in [6.45, 7) is 0.0554. The Hall–Kier alpha value is -3.16. The molecule has 1 aliphatic carbocycles. The van der Waals surface area contributed by atoms with Crippen LogP contribution >= 0.6 is 0 Å². The quantitative estimate of drug-likeness (QED) is 0.798. The summed E-state index contributed by atoms with van der Waals surface area (Å²) in [5, 5.41) is 2.86. The predicted molar refractivity (Wildman–Crippen MR) is 116 cm³/mol. The number of fused-ring (bicyclic) bond motifs is 1. The Balaban J connectivity index is 1.56. The van der Waals surface area contributed by atoms with Gasteiger partial charge in [-0.05, 0) is 37.3 Å². The van der Waals surface area contributed by atoms with Crippen LogP contribution in [-0.4, -0.2) is 37.9 Å². The molecule has 164 valence electrons. The average Bonchev–Trinajstić information content (AvgIpc) is 3.18. The molecule has 0 spiro atoms. The molecule has 8 nitrogen and oxygen atoms in total. The lowest BCUT2D eigenvalue weighted by Crippen LogP contribution is -2.49. The summed E-state index contributed by atoms with van der Waals surface area (Å²) in [6.07, 6.45) is 4.76. The summed E-state index contributed by atoms with van der Waals surface area (Å²) >= 11 is 0. The van der Waals surface area contributed by atoms with E-state index in [1.807, 2.05) is 18.2 Å². The molecule has 2 amide bonds. The minimum absolute atomic E-state index is 0.0554. The molecular formula is C23H28N4O4. The second kappa shape index (κ2) is 8.53. The highest BCUT2D eigenvalue weighted by Gasteiger charge is 2.47. The molecule has 2 heterocycles. The van der Waals surface area contributed by atoms with Crippen molar-refractivity contribution in [1.29, 1.82) is 0 Å². The minimum Gasteiger partial charge on any atom is -0.349 e. The van der Waals surface area contributed by atoms with Crippen LogP contribution in [0, 0.1) is 5.92 Å². The van der Waals surface area contributed by atoms with E-state index in [-0.39, 0.29) is 24.4 Å². The Morgan fingerprint density at radius 2 is 1.74 bits per heavy atom. The molecule has 2 aromatic rings. The van der Waals surface area contributed by atoms with Crippen molar-refractivity contribution in [2.45, 2.75) is 50.7 Å². The number of hydrogen-bond donors (Lipinski definition) is 1. The van der Waals surface area contributed by atoms with Crippen molar-refractivity contribution in [1.82, 2.24) is 19.4 Å². The normalized spacial score (nSPS) is 22.8. The Morgan fingerprint density at radius 1 is 1.03 bits per heavy atom. The van der Waals surface area contributed by atoms with Crippen LogP contribution in [0.2, 0.25) is 0 Å².